The number of amides is 1. The van der Waals surface area contributed by atoms with Crippen molar-refractivity contribution in [1.29, 1.82) is 0 Å². The van der Waals surface area contributed by atoms with Gasteiger partial charge >= 0.3 is 0 Å². The van der Waals surface area contributed by atoms with Gasteiger partial charge in [-0.15, -0.1) is 0 Å². The second-order valence-electron chi connectivity index (χ2n) is 7.52. The molecule has 1 N–H and O–H groups in total. The molecule has 4 heteroatoms. The Balaban J connectivity index is 1.57. The van der Waals surface area contributed by atoms with Crippen molar-refractivity contribution in [1.82, 2.24) is 4.90 Å². The second-order valence-corrected chi connectivity index (χ2v) is 7.52. The van der Waals surface area contributed by atoms with Crippen LogP contribution in [0.2, 0.25) is 0 Å². The normalized spacial score (nSPS) is 15.5. The third-order valence-electron chi connectivity index (χ3n) is 5.51. The summed E-state index contributed by atoms with van der Waals surface area (Å²) in [5.74, 6) is 0.619. The molecule has 1 amide bonds. The summed E-state index contributed by atoms with van der Waals surface area (Å²) in [7, 11) is 1.73. The van der Waals surface area contributed by atoms with Crippen LogP contribution in [0.4, 0.5) is 0 Å². The van der Waals surface area contributed by atoms with E-state index in [-0.39, 0.29) is 11.7 Å². The van der Waals surface area contributed by atoms with Crippen molar-refractivity contribution in [2.24, 2.45) is 4.99 Å². The highest BCUT2D eigenvalue weighted by molar-refractivity contribution is 6.19. The van der Waals surface area contributed by atoms with E-state index in [1.165, 1.54) is 10.8 Å². The number of phenolic OH excluding ortho intramolecular Hbond substituents is 1. The van der Waals surface area contributed by atoms with Gasteiger partial charge in [-0.25, -0.2) is 4.99 Å². The van der Waals surface area contributed by atoms with Gasteiger partial charge in [0, 0.05) is 7.05 Å². The Morgan fingerprint density at radius 1 is 0.839 bits per heavy atom. The Bertz CT molecular complexity index is 1360. The lowest BCUT2D eigenvalue weighted by Gasteiger charge is -2.10. The molecule has 150 valence electrons. The van der Waals surface area contributed by atoms with Gasteiger partial charge in [0.15, 0.2) is 0 Å². The van der Waals surface area contributed by atoms with Crippen molar-refractivity contribution < 1.29 is 9.90 Å². The molecule has 0 fully saturated rings. The zero-order valence-corrected chi connectivity index (χ0v) is 17.0. The van der Waals surface area contributed by atoms with Crippen molar-refractivity contribution in [3.05, 3.63) is 102 Å². The number of benzene rings is 4. The highest BCUT2D eigenvalue weighted by Gasteiger charge is 2.25. The molecule has 0 radical (unpaired) electrons. The molecule has 0 saturated heterocycles. The molecule has 0 spiro atoms. The first-order chi connectivity index (χ1) is 15.1. The number of hydrogen-bond acceptors (Lipinski definition) is 3. The number of aromatic hydroxyl groups is 1. The maximum Gasteiger partial charge on any atom is 0.277 e. The first kappa shape index (κ1) is 18.8. The molecule has 4 aromatic carbocycles. The van der Waals surface area contributed by atoms with Gasteiger partial charge in [0.2, 0.25) is 0 Å². The number of amidine groups is 1. The minimum Gasteiger partial charge on any atom is -0.508 e. The Kier molecular flexibility index (Phi) is 4.60. The number of carbonyl (C=O) groups excluding carboxylic acids is 1. The quantitative estimate of drug-likeness (QED) is 0.356. The van der Waals surface area contributed by atoms with E-state index in [9.17, 15) is 9.90 Å². The summed E-state index contributed by atoms with van der Waals surface area (Å²) in [6, 6.07) is 25.5. The fourth-order valence-corrected chi connectivity index (χ4v) is 3.88. The van der Waals surface area contributed by atoms with Crippen LogP contribution in [0.25, 0.3) is 33.7 Å². The number of fused-ring (bicyclic) bond motifs is 2. The van der Waals surface area contributed by atoms with E-state index in [1.54, 1.807) is 42.3 Å². The van der Waals surface area contributed by atoms with Crippen LogP contribution < -0.4 is 0 Å². The third-order valence-corrected chi connectivity index (χ3v) is 5.51. The van der Waals surface area contributed by atoms with Gasteiger partial charge in [0.25, 0.3) is 5.91 Å². The fourth-order valence-electron chi connectivity index (χ4n) is 3.88. The molecule has 1 heterocycles. The van der Waals surface area contributed by atoms with Crippen molar-refractivity contribution in [3.8, 4) is 5.75 Å². The molecule has 5 rings (SSSR count). The van der Waals surface area contributed by atoms with E-state index in [4.69, 9.17) is 0 Å². The van der Waals surface area contributed by atoms with Gasteiger partial charge < -0.3 is 5.11 Å². The van der Waals surface area contributed by atoms with Crippen molar-refractivity contribution in [2.75, 3.05) is 7.05 Å². The van der Waals surface area contributed by atoms with Crippen LogP contribution in [0.15, 0.2) is 95.6 Å². The topological polar surface area (TPSA) is 52.9 Å². The number of phenols is 1. The summed E-state index contributed by atoms with van der Waals surface area (Å²) < 4.78 is 0. The Hall–Kier alpha value is -4.18. The third kappa shape index (κ3) is 3.49. The average molecular weight is 404 g/mol. The molecule has 0 aliphatic carbocycles. The summed E-state index contributed by atoms with van der Waals surface area (Å²) in [5, 5.41) is 14.1. The molecule has 31 heavy (non-hydrogen) atoms. The van der Waals surface area contributed by atoms with E-state index in [0.717, 1.165) is 21.9 Å². The molecule has 1 aliphatic heterocycles. The standard InChI is InChI=1S/C27H20N2O2/c1-29-26(28-25(27(29)31)16-18-10-12-21(30)13-11-18)15-14-24-22-8-4-2-6-19(22)17-20-7-3-5-9-23(20)24/h2-17,30H,1H3/b15-14+,25-16+. The Morgan fingerprint density at radius 3 is 2.10 bits per heavy atom. The number of aliphatic imine (C=N–C) groups is 1. The van der Waals surface area contributed by atoms with E-state index in [1.807, 2.05) is 36.4 Å². The SMILES string of the molecule is CN1C(=O)/C(=C\c2ccc(O)cc2)N=C1/C=C/c1c2ccccc2cc2ccccc12. The van der Waals surface area contributed by atoms with Crippen molar-refractivity contribution >= 4 is 45.4 Å². The maximum atomic E-state index is 12.7. The molecule has 0 bridgehead atoms. The van der Waals surface area contributed by atoms with E-state index >= 15 is 0 Å². The summed E-state index contributed by atoms with van der Waals surface area (Å²) in [5.41, 5.74) is 2.28. The molecular weight excluding hydrogens is 384 g/mol. The Labute approximate surface area is 180 Å². The number of hydrogen-bond donors (Lipinski definition) is 1. The first-order valence-electron chi connectivity index (χ1n) is 10.1. The van der Waals surface area contributed by atoms with E-state index < -0.39 is 0 Å². The van der Waals surface area contributed by atoms with Crippen LogP contribution in [-0.2, 0) is 4.79 Å². The lowest BCUT2D eigenvalue weighted by molar-refractivity contribution is -0.121. The highest BCUT2D eigenvalue weighted by atomic mass is 16.3. The molecule has 4 nitrogen and oxygen atoms in total. The molecule has 0 unspecified atom stereocenters. The largest absolute Gasteiger partial charge is 0.508 e. The lowest BCUT2D eigenvalue weighted by Crippen LogP contribution is -2.26. The van der Waals surface area contributed by atoms with Crippen LogP contribution >= 0.6 is 0 Å². The minimum absolute atomic E-state index is 0.157. The minimum atomic E-state index is -0.157. The molecule has 0 aromatic heterocycles. The van der Waals surface area contributed by atoms with Crippen LogP contribution in [0.3, 0.4) is 0 Å². The van der Waals surface area contributed by atoms with Gasteiger partial charge in [-0.05, 0) is 63.0 Å². The summed E-state index contributed by atoms with van der Waals surface area (Å²) >= 11 is 0. The summed E-state index contributed by atoms with van der Waals surface area (Å²) in [6.07, 6.45) is 5.66. The maximum absolute atomic E-state index is 12.7. The summed E-state index contributed by atoms with van der Waals surface area (Å²) in [4.78, 5) is 18.8. The predicted molar refractivity (Wildman–Crippen MR) is 127 cm³/mol. The fraction of sp³-hybridized carbons (Fsp3) is 0.0370. The molecule has 0 atom stereocenters. The van der Waals surface area contributed by atoms with Crippen molar-refractivity contribution in [2.45, 2.75) is 0 Å². The van der Waals surface area contributed by atoms with Gasteiger partial charge in [-0.2, -0.15) is 0 Å². The average Bonchev–Trinajstić information content (AvgIpc) is 3.06. The summed E-state index contributed by atoms with van der Waals surface area (Å²) in [6.45, 7) is 0. The molecule has 0 saturated carbocycles. The van der Waals surface area contributed by atoms with Crippen LogP contribution in [0.1, 0.15) is 11.1 Å². The smallest absolute Gasteiger partial charge is 0.277 e. The van der Waals surface area contributed by atoms with Gasteiger partial charge in [0.05, 0.1) is 0 Å². The first-order valence-corrected chi connectivity index (χ1v) is 10.1. The predicted octanol–water partition coefficient (Wildman–Crippen LogP) is 5.62. The van der Waals surface area contributed by atoms with Crippen LogP contribution in [0, 0.1) is 0 Å². The lowest BCUT2D eigenvalue weighted by atomic mass is 9.96. The second kappa shape index (κ2) is 7.58. The van der Waals surface area contributed by atoms with E-state index in [0.29, 0.717) is 11.5 Å². The monoisotopic (exact) mass is 404 g/mol. The zero-order valence-electron chi connectivity index (χ0n) is 17.0. The number of rotatable bonds is 3. The molecule has 4 aromatic rings. The number of likely N-dealkylation sites (N-methyl/N-ethyl adjacent to an activating group) is 1. The number of nitrogens with zero attached hydrogens (tertiary/aromatic N) is 2. The van der Waals surface area contributed by atoms with Crippen LogP contribution in [0.5, 0.6) is 5.75 Å². The Morgan fingerprint density at radius 2 is 1.45 bits per heavy atom. The van der Waals surface area contributed by atoms with Gasteiger partial charge in [0.1, 0.15) is 17.3 Å². The number of carbonyl (C=O) groups is 1. The van der Waals surface area contributed by atoms with Gasteiger partial charge in [-0.3, -0.25) is 9.69 Å². The van der Waals surface area contributed by atoms with Crippen LogP contribution in [-0.4, -0.2) is 28.8 Å². The highest BCUT2D eigenvalue weighted by Crippen LogP contribution is 2.30. The van der Waals surface area contributed by atoms with E-state index in [2.05, 4.69) is 35.3 Å². The van der Waals surface area contributed by atoms with Gasteiger partial charge in [-0.1, -0.05) is 66.7 Å². The molecular formula is C27H20N2O2. The zero-order chi connectivity index (χ0) is 21.4. The molecule has 1 aliphatic rings. The van der Waals surface area contributed by atoms with Crippen molar-refractivity contribution in [3.63, 3.8) is 0 Å².